The van der Waals surface area contributed by atoms with Crippen LogP contribution in [-0.4, -0.2) is 10.9 Å². The maximum absolute atomic E-state index is 12.7. The molecule has 0 aliphatic rings. The molecule has 4 nitrogen and oxygen atoms in total. The molecule has 0 aliphatic carbocycles. The fourth-order valence-electron chi connectivity index (χ4n) is 2.78. The highest BCUT2D eigenvalue weighted by molar-refractivity contribution is 6.10. The van der Waals surface area contributed by atoms with Crippen LogP contribution in [0, 0.1) is 0 Å². The van der Waals surface area contributed by atoms with E-state index in [1.807, 2.05) is 36.4 Å². The summed E-state index contributed by atoms with van der Waals surface area (Å²) in [5, 5.41) is 4.86. The van der Waals surface area contributed by atoms with Crippen LogP contribution in [0.15, 0.2) is 54.9 Å². The number of aromatic nitrogens is 1. The molecule has 0 saturated carbocycles. The smallest absolute Gasteiger partial charge is 0.256 e. The number of nitrogens with two attached hydrogens (primary N) is 1. The molecule has 0 fully saturated rings. The minimum atomic E-state index is -0.154. The number of carbonyl (C=O) groups excluding carboxylic acids is 1. The topological polar surface area (TPSA) is 68.0 Å². The quantitative estimate of drug-likeness (QED) is 0.715. The van der Waals surface area contributed by atoms with Gasteiger partial charge in [-0.05, 0) is 35.6 Å². The normalized spacial score (nSPS) is 10.7. The van der Waals surface area contributed by atoms with E-state index in [1.165, 1.54) is 0 Å². The molecule has 116 valence electrons. The molecule has 0 unspecified atom stereocenters. The first-order valence-corrected chi connectivity index (χ1v) is 7.72. The maximum Gasteiger partial charge on any atom is 0.256 e. The van der Waals surface area contributed by atoms with Crippen LogP contribution in [0.5, 0.6) is 0 Å². The van der Waals surface area contributed by atoms with Crippen molar-refractivity contribution in [2.24, 2.45) is 0 Å². The van der Waals surface area contributed by atoms with Gasteiger partial charge in [-0.1, -0.05) is 37.6 Å². The van der Waals surface area contributed by atoms with Gasteiger partial charge in [0.1, 0.15) is 0 Å². The van der Waals surface area contributed by atoms with E-state index in [0.717, 1.165) is 29.2 Å². The molecule has 1 aromatic heterocycles. The van der Waals surface area contributed by atoms with Crippen LogP contribution >= 0.6 is 0 Å². The lowest BCUT2D eigenvalue weighted by Crippen LogP contribution is -2.16. The molecule has 1 heterocycles. The highest BCUT2D eigenvalue weighted by Gasteiger charge is 2.16. The number of nitrogens with one attached hydrogen (secondary N) is 1. The third-order valence-electron chi connectivity index (χ3n) is 3.87. The standard InChI is InChI=1S/C19H19N3O/c1-2-6-16-17(19(23)22-14-8-5-10-21-12-14)11-13-7-3-4-9-15(13)18(16)20/h3-5,7-12H,2,6,20H2,1H3,(H,22,23). The summed E-state index contributed by atoms with van der Waals surface area (Å²) < 4.78 is 0. The Kier molecular flexibility index (Phi) is 4.24. The second kappa shape index (κ2) is 6.48. The summed E-state index contributed by atoms with van der Waals surface area (Å²) in [6, 6.07) is 13.4. The van der Waals surface area contributed by atoms with E-state index >= 15 is 0 Å². The second-order valence-electron chi connectivity index (χ2n) is 5.48. The molecule has 0 aliphatic heterocycles. The van der Waals surface area contributed by atoms with Crippen LogP contribution in [0.4, 0.5) is 11.4 Å². The van der Waals surface area contributed by atoms with E-state index in [-0.39, 0.29) is 5.91 Å². The van der Waals surface area contributed by atoms with Crippen LogP contribution in [0.2, 0.25) is 0 Å². The largest absolute Gasteiger partial charge is 0.398 e. The Morgan fingerprint density at radius 2 is 2.04 bits per heavy atom. The van der Waals surface area contributed by atoms with Gasteiger partial charge in [0.25, 0.3) is 5.91 Å². The van der Waals surface area contributed by atoms with Crippen molar-refractivity contribution in [2.45, 2.75) is 19.8 Å². The third-order valence-corrected chi connectivity index (χ3v) is 3.87. The van der Waals surface area contributed by atoms with Gasteiger partial charge in [-0.25, -0.2) is 0 Å². The zero-order valence-corrected chi connectivity index (χ0v) is 13.0. The summed E-state index contributed by atoms with van der Waals surface area (Å²) >= 11 is 0. The highest BCUT2D eigenvalue weighted by atomic mass is 16.1. The van der Waals surface area contributed by atoms with Crippen LogP contribution < -0.4 is 11.1 Å². The number of rotatable bonds is 4. The Labute approximate surface area is 135 Å². The van der Waals surface area contributed by atoms with Gasteiger partial charge in [-0.15, -0.1) is 0 Å². The number of fused-ring (bicyclic) bond motifs is 1. The van der Waals surface area contributed by atoms with Crippen molar-refractivity contribution < 1.29 is 4.79 Å². The monoisotopic (exact) mass is 305 g/mol. The minimum absolute atomic E-state index is 0.154. The van der Waals surface area contributed by atoms with Crippen LogP contribution in [0.1, 0.15) is 29.3 Å². The van der Waals surface area contributed by atoms with Gasteiger partial charge in [0.15, 0.2) is 0 Å². The molecule has 3 aromatic rings. The van der Waals surface area contributed by atoms with Crippen molar-refractivity contribution in [1.29, 1.82) is 0 Å². The number of anilines is 2. The molecule has 3 N–H and O–H groups in total. The van der Waals surface area contributed by atoms with E-state index < -0.39 is 0 Å². The Hall–Kier alpha value is -2.88. The summed E-state index contributed by atoms with van der Waals surface area (Å²) in [4.78, 5) is 16.7. The fraction of sp³-hybridized carbons (Fsp3) is 0.158. The number of pyridine rings is 1. The summed E-state index contributed by atoms with van der Waals surface area (Å²) in [6.45, 7) is 2.08. The number of benzene rings is 2. The SMILES string of the molecule is CCCc1c(C(=O)Nc2cccnc2)cc2ccccc2c1N. The molecule has 3 rings (SSSR count). The van der Waals surface area contributed by atoms with E-state index in [0.29, 0.717) is 16.9 Å². The van der Waals surface area contributed by atoms with Crippen LogP contribution in [0.25, 0.3) is 10.8 Å². The average molecular weight is 305 g/mol. The summed E-state index contributed by atoms with van der Waals surface area (Å²) in [6.07, 6.45) is 5.00. The van der Waals surface area contributed by atoms with Gasteiger partial charge in [-0.3, -0.25) is 9.78 Å². The van der Waals surface area contributed by atoms with Gasteiger partial charge < -0.3 is 11.1 Å². The van der Waals surface area contributed by atoms with Gasteiger partial charge in [0.05, 0.1) is 11.9 Å². The highest BCUT2D eigenvalue weighted by Crippen LogP contribution is 2.30. The molecule has 2 aromatic carbocycles. The zero-order valence-electron chi connectivity index (χ0n) is 13.0. The predicted octanol–water partition coefficient (Wildman–Crippen LogP) is 4.02. The molecule has 1 amide bonds. The lowest BCUT2D eigenvalue weighted by atomic mass is 9.95. The Morgan fingerprint density at radius 1 is 1.22 bits per heavy atom. The van der Waals surface area contributed by atoms with Crippen LogP contribution in [-0.2, 0) is 6.42 Å². The number of carbonyl (C=O) groups is 1. The molecule has 0 saturated heterocycles. The zero-order chi connectivity index (χ0) is 16.2. The number of nitrogen functional groups attached to an aromatic ring is 1. The fourth-order valence-corrected chi connectivity index (χ4v) is 2.78. The first-order valence-electron chi connectivity index (χ1n) is 7.72. The van der Waals surface area contributed by atoms with Crippen molar-refractivity contribution in [3.8, 4) is 0 Å². The average Bonchev–Trinajstić information content (AvgIpc) is 2.58. The number of hydrogen-bond donors (Lipinski definition) is 2. The molecule has 23 heavy (non-hydrogen) atoms. The first kappa shape index (κ1) is 15.0. The molecular weight excluding hydrogens is 286 g/mol. The van der Waals surface area contributed by atoms with E-state index in [9.17, 15) is 4.79 Å². The second-order valence-corrected chi connectivity index (χ2v) is 5.48. The lowest BCUT2D eigenvalue weighted by Gasteiger charge is -2.15. The predicted molar refractivity (Wildman–Crippen MR) is 94.5 cm³/mol. The number of nitrogens with zero attached hydrogens (tertiary/aromatic N) is 1. The van der Waals surface area contributed by atoms with Gasteiger partial charge in [-0.2, -0.15) is 0 Å². The van der Waals surface area contributed by atoms with Crippen molar-refractivity contribution >= 4 is 28.1 Å². The minimum Gasteiger partial charge on any atom is -0.398 e. The molecule has 0 spiro atoms. The summed E-state index contributed by atoms with van der Waals surface area (Å²) in [5.74, 6) is -0.154. The van der Waals surface area contributed by atoms with E-state index in [1.54, 1.807) is 18.5 Å². The number of amides is 1. The third kappa shape index (κ3) is 3.01. The molecule has 0 atom stereocenters. The molecule has 0 radical (unpaired) electrons. The Morgan fingerprint density at radius 3 is 2.78 bits per heavy atom. The van der Waals surface area contributed by atoms with Gasteiger partial charge >= 0.3 is 0 Å². The summed E-state index contributed by atoms with van der Waals surface area (Å²) in [5.41, 5.74) is 9.25. The van der Waals surface area contributed by atoms with Crippen molar-refractivity contribution in [2.75, 3.05) is 11.1 Å². The lowest BCUT2D eigenvalue weighted by molar-refractivity contribution is 0.102. The van der Waals surface area contributed by atoms with E-state index in [4.69, 9.17) is 5.73 Å². The van der Waals surface area contributed by atoms with Gasteiger partial charge in [0.2, 0.25) is 0 Å². The summed E-state index contributed by atoms with van der Waals surface area (Å²) in [7, 11) is 0. The van der Waals surface area contributed by atoms with Crippen molar-refractivity contribution in [3.05, 3.63) is 66.0 Å². The van der Waals surface area contributed by atoms with Gasteiger partial charge in [0, 0.05) is 22.8 Å². The first-order chi connectivity index (χ1) is 11.2. The maximum atomic E-state index is 12.7. The Bertz CT molecular complexity index is 844. The molecular formula is C19H19N3O. The van der Waals surface area contributed by atoms with Crippen molar-refractivity contribution in [1.82, 2.24) is 4.98 Å². The Balaban J connectivity index is 2.07. The number of hydrogen-bond acceptors (Lipinski definition) is 3. The molecule has 4 heteroatoms. The van der Waals surface area contributed by atoms with E-state index in [2.05, 4.69) is 17.2 Å². The molecule has 0 bridgehead atoms. The van der Waals surface area contributed by atoms with Crippen LogP contribution in [0.3, 0.4) is 0 Å². The van der Waals surface area contributed by atoms with Crippen molar-refractivity contribution in [3.63, 3.8) is 0 Å².